The number of thiophene rings is 1. The van der Waals surface area contributed by atoms with Crippen molar-refractivity contribution in [2.75, 3.05) is 13.2 Å². The van der Waals surface area contributed by atoms with Crippen LogP contribution in [0.15, 0.2) is 59.0 Å². The van der Waals surface area contributed by atoms with Crippen LogP contribution in [0.2, 0.25) is 0 Å². The summed E-state index contributed by atoms with van der Waals surface area (Å²) in [5, 5.41) is 2.46. The Hall–Kier alpha value is -4.18. The molecule has 2 aromatic carbocycles. The molecule has 0 unspecified atom stereocenters. The van der Waals surface area contributed by atoms with Gasteiger partial charge in [-0.25, -0.2) is 4.98 Å². The Kier molecular flexibility index (Phi) is 6.19. The number of aryl methyl sites for hydroxylation is 2. The number of nitrogens with one attached hydrogen (secondary N) is 2. The molecule has 0 saturated heterocycles. The van der Waals surface area contributed by atoms with E-state index in [2.05, 4.69) is 15.8 Å². The van der Waals surface area contributed by atoms with Crippen LogP contribution in [-0.2, 0) is 11.3 Å². The smallest absolute Gasteiger partial charge is 0.269 e. The van der Waals surface area contributed by atoms with Crippen LogP contribution in [0.3, 0.4) is 0 Å². The van der Waals surface area contributed by atoms with E-state index in [0.29, 0.717) is 40.5 Å². The molecule has 0 saturated carbocycles. The molecule has 9 nitrogen and oxygen atoms in total. The van der Waals surface area contributed by atoms with E-state index >= 15 is 0 Å². The maximum atomic E-state index is 13.1. The lowest BCUT2D eigenvalue weighted by Gasteiger charge is -2.18. The van der Waals surface area contributed by atoms with E-state index in [1.54, 1.807) is 18.2 Å². The van der Waals surface area contributed by atoms with Crippen LogP contribution in [0.25, 0.3) is 21.3 Å². The maximum Gasteiger partial charge on any atom is 0.269 e. The largest absolute Gasteiger partial charge is 0.486 e. The summed E-state index contributed by atoms with van der Waals surface area (Å²) in [4.78, 5) is 42.9. The Morgan fingerprint density at radius 1 is 1.06 bits per heavy atom. The van der Waals surface area contributed by atoms with Crippen molar-refractivity contribution in [1.29, 1.82) is 0 Å². The Labute approximate surface area is 204 Å². The summed E-state index contributed by atoms with van der Waals surface area (Å²) >= 11 is 1.41. The standard InChI is InChI=1S/C25H22N4O5S/c1-15-2-4-16(5-3-15)18-13-35-24-22(18)25(32)29(14-26-24)9-8-21(30)27-28-23(31)17-6-7-19-20(12-17)34-11-10-33-19/h2-7,12-14H,8-11H2,1H3,(H,27,30)(H,28,31). The zero-order valence-corrected chi connectivity index (χ0v) is 19.7. The van der Waals surface area contributed by atoms with Crippen LogP contribution in [0.1, 0.15) is 22.3 Å². The third kappa shape index (κ3) is 4.73. The lowest BCUT2D eigenvalue weighted by molar-refractivity contribution is -0.122. The van der Waals surface area contributed by atoms with Crippen molar-refractivity contribution in [2.45, 2.75) is 19.9 Å². The first kappa shape index (κ1) is 22.6. The topological polar surface area (TPSA) is 112 Å². The molecule has 0 bridgehead atoms. The van der Waals surface area contributed by atoms with Crippen molar-refractivity contribution in [2.24, 2.45) is 0 Å². The second-order valence-electron chi connectivity index (χ2n) is 8.05. The van der Waals surface area contributed by atoms with Crippen molar-refractivity contribution < 1.29 is 19.1 Å². The van der Waals surface area contributed by atoms with Gasteiger partial charge in [-0.2, -0.15) is 0 Å². The fourth-order valence-corrected chi connectivity index (χ4v) is 4.65. The number of nitrogens with zero attached hydrogens (tertiary/aromatic N) is 2. The summed E-state index contributed by atoms with van der Waals surface area (Å²) in [6.07, 6.45) is 1.43. The van der Waals surface area contributed by atoms with Crippen molar-refractivity contribution in [3.63, 3.8) is 0 Å². The van der Waals surface area contributed by atoms with Gasteiger partial charge in [0.05, 0.1) is 11.7 Å². The number of benzene rings is 2. The van der Waals surface area contributed by atoms with Crippen molar-refractivity contribution >= 4 is 33.4 Å². The summed E-state index contributed by atoms with van der Waals surface area (Å²) in [6, 6.07) is 12.7. The minimum Gasteiger partial charge on any atom is -0.486 e. The molecule has 0 atom stereocenters. The summed E-state index contributed by atoms with van der Waals surface area (Å²) in [5.41, 5.74) is 7.78. The molecule has 2 N–H and O–H groups in total. The second-order valence-corrected chi connectivity index (χ2v) is 8.91. The van der Waals surface area contributed by atoms with Gasteiger partial charge in [-0.05, 0) is 30.7 Å². The highest BCUT2D eigenvalue weighted by atomic mass is 32.1. The number of rotatable bonds is 5. The normalized spacial score (nSPS) is 12.4. The number of hydrazine groups is 1. The highest BCUT2D eigenvalue weighted by Gasteiger charge is 2.16. The molecule has 178 valence electrons. The van der Waals surface area contributed by atoms with Gasteiger partial charge in [-0.1, -0.05) is 29.8 Å². The van der Waals surface area contributed by atoms with Gasteiger partial charge in [0.15, 0.2) is 11.5 Å². The first-order valence-corrected chi connectivity index (χ1v) is 11.9. The number of carbonyl (C=O) groups is 2. The number of carbonyl (C=O) groups excluding carboxylic acids is 2. The number of hydrogen-bond acceptors (Lipinski definition) is 7. The second kappa shape index (κ2) is 9.59. The summed E-state index contributed by atoms with van der Waals surface area (Å²) in [7, 11) is 0. The van der Waals surface area contributed by atoms with Crippen molar-refractivity contribution in [1.82, 2.24) is 20.4 Å². The van der Waals surface area contributed by atoms with Gasteiger partial charge in [0.1, 0.15) is 18.0 Å². The van der Waals surface area contributed by atoms with Crippen molar-refractivity contribution in [3.8, 4) is 22.6 Å². The highest BCUT2D eigenvalue weighted by molar-refractivity contribution is 7.17. The zero-order valence-electron chi connectivity index (χ0n) is 18.9. The predicted molar refractivity (Wildman–Crippen MR) is 132 cm³/mol. The molecule has 10 heteroatoms. The van der Waals surface area contributed by atoms with Crippen molar-refractivity contribution in [3.05, 3.63) is 75.7 Å². The van der Waals surface area contributed by atoms with Gasteiger partial charge in [0.25, 0.3) is 11.5 Å². The monoisotopic (exact) mass is 490 g/mol. The van der Waals surface area contributed by atoms with E-state index in [1.165, 1.54) is 22.2 Å². The Morgan fingerprint density at radius 2 is 1.83 bits per heavy atom. The Bertz CT molecular complexity index is 1480. The Morgan fingerprint density at radius 3 is 2.63 bits per heavy atom. The SMILES string of the molecule is Cc1ccc(-c2csc3ncn(CCC(=O)NNC(=O)c4ccc5c(c4)OCCO5)c(=O)c23)cc1. The molecule has 1 aliphatic heterocycles. The molecule has 0 radical (unpaired) electrons. The number of aromatic nitrogens is 2. The van der Waals surface area contributed by atoms with E-state index in [4.69, 9.17) is 9.47 Å². The van der Waals surface area contributed by atoms with Gasteiger partial charge in [-0.15, -0.1) is 11.3 Å². The van der Waals surface area contributed by atoms with E-state index in [0.717, 1.165) is 16.7 Å². The lowest BCUT2D eigenvalue weighted by atomic mass is 10.1. The molecule has 2 aromatic heterocycles. The summed E-state index contributed by atoms with van der Waals surface area (Å²) in [5.74, 6) is 0.128. The fourth-order valence-electron chi connectivity index (χ4n) is 3.74. The number of amides is 2. The zero-order chi connectivity index (χ0) is 24.4. The maximum absolute atomic E-state index is 13.1. The van der Waals surface area contributed by atoms with Crippen LogP contribution < -0.4 is 25.9 Å². The van der Waals surface area contributed by atoms with E-state index in [-0.39, 0.29) is 18.5 Å². The molecule has 0 fully saturated rings. The molecule has 0 spiro atoms. The van der Waals surface area contributed by atoms with E-state index in [1.807, 2.05) is 36.6 Å². The minimum atomic E-state index is -0.489. The Balaban J connectivity index is 1.23. The average molecular weight is 491 g/mol. The van der Waals surface area contributed by atoms with E-state index < -0.39 is 11.8 Å². The van der Waals surface area contributed by atoms with Crippen LogP contribution in [-0.4, -0.2) is 34.6 Å². The third-order valence-electron chi connectivity index (χ3n) is 5.62. The lowest BCUT2D eigenvalue weighted by Crippen LogP contribution is -2.42. The predicted octanol–water partition coefficient (Wildman–Crippen LogP) is 3.06. The number of ether oxygens (including phenoxy) is 2. The van der Waals surface area contributed by atoms with Gasteiger partial charge in [-0.3, -0.25) is 29.8 Å². The number of hydrogen-bond donors (Lipinski definition) is 2. The average Bonchev–Trinajstić information content (AvgIpc) is 3.32. The van der Waals surface area contributed by atoms with Crippen LogP contribution in [0.5, 0.6) is 11.5 Å². The molecule has 4 aromatic rings. The first-order chi connectivity index (χ1) is 17.0. The van der Waals surface area contributed by atoms with Crippen LogP contribution in [0, 0.1) is 6.92 Å². The molecular weight excluding hydrogens is 468 g/mol. The fraction of sp³-hybridized carbons (Fsp3) is 0.200. The first-order valence-electron chi connectivity index (χ1n) is 11.0. The minimum absolute atomic E-state index is 0.0154. The third-order valence-corrected chi connectivity index (χ3v) is 6.51. The summed E-state index contributed by atoms with van der Waals surface area (Å²) in [6.45, 7) is 3.00. The molecular formula is C25H22N4O5S. The quantitative estimate of drug-likeness (QED) is 0.416. The molecule has 35 heavy (non-hydrogen) atoms. The van der Waals surface area contributed by atoms with Gasteiger partial charge in [0.2, 0.25) is 5.91 Å². The number of fused-ring (bicyclic) bond motifs is 2. The van der Waals surface area contributed by atoms with Crippen LogP contribution in [0.4, 0.5) is 0 Å². The van der Waals surface area contributed by atoms with Gasteiger partial charge < -0.3 is 9.47 Å². The molecule has 0 aliphatic carbocycles. The van der Waals surface area contributed by atoms with E-state index in [9.17, 15) is 14.4 Å². The molecule has 2 amide bonds. The summed E-state index contributed by atoms with van der Waals surface area (Å²) < 4.78 is 12.3. The molecule has 1 aliphatic rings. The molecule has 5 rings (SSSR count). The van der Waals surface area contributed by atoms with Gasteiger partial charge >= 0.3 is 0 Å². The molecule has 3 heterocycles. The van der Waals surface area contributed by atoms with Gasteiger partial charge in [0, 0.05) is 29.5 Å². The highest BCUT2D eigenvalue weighted by Crippen LogP contribution is 2.31. The van der Waals surface area contributed by atoms with Crippen LogP contribution >= 0.6 is 11.3 Å².